The Morgan fingerprint density at radius 1 is 1.40 bits per heavy atom. The van der Waals surface area contributed by atoms with E-state index in [1.54, 1.807) is 10.7 Å². The Bertz CT molecular complexity index is 595. The number of nitrogens with two attached hydrogens (primary N) is 1. The molecule has 0 saturated carbocycles. The minimum Gasteiger partial charge on any atom is -0.271 e. The molecule has 0 aliphatic carbocycles. The summed E-state index contributed by atoms with van der Waals surface area (Å²) in [4.78, 5) is 0. The van der Waals surface area contributed by atoms with Crippen LogP contribution in [-0.4, -0.2) is 9.78 Å². The monoisotopic (exact) mass is 280 g/mol. The van der Waals surface area contributed by atoms with E-state index in [4.69, 9.17) is 5.84 Å². The number of hydrazine groups is 1. The molecule has 6 heteroatoms. The lowest BCUT2D eigenvalue weighted by Crippen LogP contribution is -2.31. The number of nitrogens with one attached hydrogen (secondary N) is 1. The van der Waals surface area contributed by atoms with Gasteiger partial charge in [-0.25, -0.2) is 8.78 Å². The predicted molar refractivity (Wildman–Crippen MR) is 72.8 cm³/mol. The van der Waals surface area contributed by atoms with Crippen molar-refractivity contribution in [1.82, 2.24) is 15.2 Å². The van der Waals surface area contributed by atoms with Crippen molar-refractivity contribution in [3.05, 3.63) is 52.9 Å². The van der Waals surface area contributed by atoms with Crippen LogP contribution < -0.4 is 11.3 Å². The second kappa shape index (κ2) is 6.11. The molecule has 0 saturated heterocycles. The topological polar surface area (TPSA) is 55.9 Å². The van der Waals surface area contributed by atoms with Gasteiger partial charge in [-0.1, -0.05) is 12.1 Å². The van der Waals surface area contributed by atoms with Gasteiger partial charge in [-0.15, -0.1) is 0 Å². The summed E-state index contributed by atoms with van der Waals surface area (Å²) < 4.78 is 28.8. The minimum atomic E-state index is -0.849. The smallest absolute Gasteiger partial charge is 0.162 e. The van der Waals surface area contributed by atoms with Crippen LogP contribution in [0, 0.1) is 18.6 Å². The first-order chi connectivity index (χ1) is 9.56. The molecule has 2 aromatic rings. The number of aromatic nitrogens is 2. The fourth-order valence-corrected chi connectivity index (χ4v) is 2.27. The van der Waals surface area contributed by atoms with E-state index in [0.717, 1.165) is 17.5 Å². The normalized spacial score (nSPS) is 12.7. The molecule has 1 aromatic heterocycles. The first kappa shape index (κ1) is 14.6. The molecule has 0 radical (unpaired) electrons. The molecule has 0 spiro atoms. The van der Waals surface area contributed by atoms with Crippen molar-refractivity contribution in [2.45, 2.75) is 32.9 Å². The standard InChI is InChI=1S/C14H18F2N4/c1-3-20-13(7-9(2)19-20)12(18-17)8-10-5-4-6-11(15)14(10)16/h4-7,12,18H,3,8,17H2,1-2H3. The quantitative estimate of drug-likeness (QED) is 0.652. The molecule has 0 amide bonds. The third-order valence-electron chi connectivity index (χ3n) is 3.25. The lowest BCUT2D eigenvalue weighted by Gasteiger charge is -2.17. The van der Waals surface area contributed by atoms with Crippen molar-refractivity contribution in [1.29, 1.82) is 0 Å². The second-order valence-electron chi connectivity index (χ2n) is 4.66. The highest BCUT2D eigenvalue weighted by Gasteiger charge is 2.19. The van der Waals surface area contributed by atoms with Gasteiger partial charge in [0, 0.05) is 6.54 Å². The van der Waals surface area contributed by atoms with E-state index in [1.165, 1.54) is 6.07 Å². The van der Waals surface area contributed by atoms with Gasteiger partial charge < -0.3 is 0 Å². The van der Waals surface area contributed by atoms with Gasteiger partial charge in [-0.3, -0.25) is 16.0 Å². The molecule has 0 aliphatic rings. The molecule has 20 heavy (non-hydrogen) atoms. The fraction of sp³-hybridized carbons (Fsp3) is 0.357. The predicted octanol–water partition coefficient (Wildman–Crippen LogP) is 2.24. The van der Waals surface area contributed by atoms with Crippen LogP contribution >= 0.6 is 0 Å². The largest absolute Gasteiger partial charge is 0.271 e. The maximum Gasteiger partial charge on any atom is 0.162 e. The fourth-order valence-electron chi connectivity index (χ4n) is 2.27. The summed E-state index contributed by atoms with van der Waals surface area (Å²) in [5.41, 5.74) is 4.66. The molecular weight excluding hydrogens is 262 g/mol. The van der Waals surface area contributed by atoms with Gasteiger partial charge in [0.2, 0.25) is 0 Å². The maximum absolute atomic E-state index is 13.7. The average molecular weight is 280 g/mol. The zero-order valence-corrected chi connectivity index (χ0v) is 11.5. The average Bonchev–Trinajstić information content (AvgIpc) is 2.81. The van der Waals surface area contributed by atoms with Crippen LogP contribution in [0.5, 0.6) is 0 Å². The lowest BCUT2D eigenvalue weighted by atomic mass is 10.0. The summed E-state index contributed by atoms with van der Waals surface area (Å²) in [5, 5.41) is 4.33. The van der Waals surface area contributed by atoms with Crippen molar-refractivity contribution in [2.75, 3.05) is 0 Å². The number of halogens is 2. The van der Waals surface area contributed by atoms with Crippen molar-refractivity contribution in [2.24, 2.45) is 5.84 Å². The number of benzene rings is 1. The van der Waals surface area contributed by atoms with Crippen molar-refractivity contribution in [3.63, 3.8) is 0 Å². The van der Waals surface area contributed by atoms with E-state index in [1.807, 2.05) is 19.9 Å². The molecular formula is C14H18F2N4. The van der Waals surface area contributed by atoms with E-state index >= 15 is 0 Å². The molecule has 0 fully saturated rings. The first-order valence-corrected chi connectivity index (χ1v) is 6.50. The lowest BCUT2D eigenvalue weighted by molar-refractivity contribution is 0.462. The SMILES string of the molecule is CCn1nc(C)cc1C(Cc1cccc(F)c1F)NN. The summed E-state index contributed by atoms with van der Waals surface area (Å²) >= 11 is 0. The summed E-state index contributed by atoms with van der Waals surface area (Å²) in [6.45, 7) is 4.53. The van der Waals surface area contributed by atoms with Gasteiger partial charge in [0.1, 0.15) is 0 Å². The molecule has 108 valence electrons. The van der Waals surface area contributed by atoms with Crippen LogP contribution in [0.4, 0.5) is 8.78 Å². The Balaban J connectivity index is 2.31. The molecule has 1 aromatic carbocycles. The summed E-state index contributed by atoms with van der Waals surface area (Å²) in [6.07, 6.45) is 0.255. The molecule has 3 N–H and O–H groups in total. The van der Waals surface area contributed by atoms with E-state index in [2.05, 4.69) is 10.5 Å². The number of rotatable bonds is 5. The van der Waals surface area contributed by atoms with Crippen LogP contribution in [0.25, 0.3) is 0 Å². The van der Waals surface area contributed by atoms with Crippen LogP contribution in [0.3, 0.4) is 0 Å². The number of nitrogens with zero attached hydrogens (tertiary/aromatic N) is 2. The molecule has 2 rings (SSSR count). The highest BCUT2D eigenvalue weighted by Crippen LogP contribution is 2.21. The zero-order valence-electron chi connectivity index (χ0n) is 11.5. The molecule has 1 atom stereocenters. The molecule has 4 nitrogen and oxygen atoms in total. The van der Waals surface area contributed by atoms with Gasteiger partial charge in [0.05, 0.1) is 17.4 Å². The van der Waals surface area contributed by atoms with Crippen LogP contribution in [0.2, 0.25) is 0 Å². The number of hydrogen-bond acceptors (Lipinski definition) is 3. The van der Waals surface area contributed by atoms with Crippen molar-refractivity contribution in [3.8, 4) is 0 Å². The van der Waals surface area contributed by atoms with Gasteiger partial charge >= 0.3 is 0 Å². The van der Waals surface area contributed by atoms with E-state index in [9.17, 15) is 8.78 Å². The van der Waals surface area contributed by atoms with Crippen LogP contribution in [0.1, 0.15) is 29.9 Å². The van der Waals surface area contributed by atoms with Gasteiger partial charge in [-0.05, 0) is 38.0 Å². The Hall–Kier alpha value is -1.79. The summed E-state index contributed by atoms with van der Waals surface area (Å²) in [6, 6.07) is 5.72. The number of hydrogen-bond donors (Lipinski definition) is 2. The Labute approximate surface area is 116 Å². The maximum atomic E-state index is 13.7. The highest BCUT2D eigenvalue weighted by molar-refractivity contribution is 5.23. The summed E-state index contributed by atoms with van der Waals surface area (Å²) in [5.74, 6) is 3.89. The van der Waals surface area contributed by atoms with Gasteiger partial charge in [-0.2, -0.15) is 5.10 Å². The van der Waals surface area contributed by atoms with Crippen molar-refractivity contribution < 1.29 is 8.78 Å². The zero-order chi connectivity index (χ0) is 14.7. The third-order valence-corrected chi connectivity index (χ3v) is 3.25. The van der Waals surface area contributed by atoms with Gasteiger partial charge in [0.15, 0.2) is 11.6 Å². The van der Waals surface area contributed by atoms with Crippen LogP contribution in [-0.2, 0) is 13.0 Å². The molecule has 0 aliphatic heterocycles. The van der Waals surface area contributed by atoms with E-state index < -0.39 is 11.6 Å². The Morgan fingerprint density at radius 2 is 2.15 bits per heavy atom. The molecule has 1 heterocycles. The second-order valence-corrected chi connectivity index (χ2v) is 4.66. The van der Waals surface area contributed by atoms with Crippen molar-refractivity contribution >= 4 is 0 Å². The van der Waals surface area contributed by atoms with E-state index in [0.29, 0.717) is 6.54 Å². The molecule has 0 bridgehead atoms. The van der Waals surface area contributed by atoms with Crippen LogP contribution in [0.15, 0.2) is 24.3 Å². The first-order valence-electron chi connectivity index (χ1n) is 6.50. The van der Waals surface area contributed by atoms with Gasteiger partial charge in [0.25, 0.3) is 0 Å². The Morgan fingerprint density at radius 3 is 2.80 bits per heavy atom. The molecule has 1 unspecified atom stereocenters. The van der Waals surface area contributed by atoms with E-state index in [-0.39, 0.29) is 18.0 Å². The third kappa shape index (κ3) is 2.86. The summed E-state index contributed by atoms with van der Waals surface area (Å²) in [7, 11) is 0. The minimum absolute atomic E-state index is 0.255. The number of aryl methyl sites for hydroxylation is 2. The highest BCUT2D eigenvalue weighted by atomic mass is 19.2. The Kier molecular flexibility index (Phi) is 4.46.